The molecule has 0 saturated carbocycles. The molecule has 1 atom stereocenters. The summed E-state index contributed by atoms with van der Waals surface area (Å²) in [5.74, 6) is 0.612. The highest BCUT2D eigenvalue weighted by Crippen LogP contribution is 2.16. The first-order chi connectivity index (χ1) is 8.90. The molecule has 0 bridgehead atoms. The van der Waals surface area contributed by atoms with E-state index >= 15 is 0 Å². The van der Waals surface area contributed by atoms with Gasteiger partial charge in [-0.05, 0) is 25.0 Å². The molecule has 0 radical (unpaired) electrons. The Labute approximate surface area is 107 Å². The van der Waals surface area contributed by atoms with Crippen molar-refractivity contribution in [2.45, 2.75) is 18.9 Å². The summed E-state index contributed by atoms with van der Waals surface area (Å²) < 4.78 is 16.4. The second-order valence-electron chi connectivity index (χ2n) is 4.17. The smallest absolute Gasteiger partial charge is 0.137 e. The molecular formula is C14H17NO3. The van der Waals surface area contributed by atoms with Crippen LogP contribution in [-0.2, 0) is 9.47 Å². The maximum Gasteiger partial charge on any atom is 0.137 e. The summed E-state index contributed by atoms with van der Waals surface area (Å²) in [5.41, 5.74) is 0.552. The average molecular weight is 247 g/mol. The summed E-state index contributed by atoms with van der Waals surface area (Å²) >= 11 is 0. The van der Waals surface area contributed by atoms with Gasteiger partial charge < -0.3 is 14.2 Å². The van der Waals surface area contributed by atoms with Crippen molar-refractivity contribution in [2.75, 3.05) is 26.4 Å². The van der Waals surface area contributed by atoms with Gasteiger partial charge in [0.05, 0.1) is 24.9 Å². The second-order valence-corrected chi connectivity index (χ2v) is 4.17. The van der Waals surface area contributed by atoms with Crippen LogP contribution in [-0.4, -0.2) is 32.5 Å². The molecule has 4 nitrogen and oxygen atoms in total. The fourth-order valence-electron chi connectivity index (χ4n) is 1.89. The molecule has 0 aliphatic carbocycles. The summed E-state index contributed by atoms with van der Waals surface area (Å²) in [6.07, 6.45) is 2.45. The van der Waals surface area contributed by atoms with Crippen LogP contribution >= 0.6 is 0 Å². The molecule has 0 N–H and O–H groups in total. The third-order valence-corrected chi connectivity index (χ3v) is 2.82. The van der Waals surface area contributed by atoms with Crippen LogP contribution in [0.25, 0.3) is 0 Å². The van der Waals surface area contributed by atoms with Gasteiger partial charge in [0.15, 0.2) is 0 Å². The van der Waals surface area contributed by atoms with E-state index in [0.29, 0.717) is 31.1 Å². The monoisotopic (exact) mass is 247 g/mol. The van der Waals surface area contributed by atoms with Gasteiger partial charge in [0.25, 0.3) is 0 Å². The van der Waals surface area contributed by atoms with E-state index in [4.69, 9.17) is 19.5 Å². The molecule has 1 unspecified atom stereocenters. The molecule has 1 aliphatic heterocycles. The number of rotatable bonds is 6. The minimum Gasteiger partial charge on any atom is -0.490 e. The summed E-state index contributed by atoms with van der Waals surface area (Å²) in [5, 5.41) is 8.89. The lowest BCUT2D eigenvalue weighted by molar-refractivity contribution is 0.00851. The molecule has 18 heavy (non-hydrogen) atoms. The number of hydrogen-bond acceptors (Lipinski definition) is 4. The molecule has 4 heteroatoms. The standard InChI is InChI=1S/C14H17NO3/c15-10-12-4-1-2-6-14(12)18-9-8-16-11-13-5-3-7-17-13/h1-2,4,6,13H,3,5,7-9,11H2. The number of hydrogen-bond donors (Lipinski definition) is 0. The molecule has 0 spiro atoms. The highest BCUT2D eigenvalue weighted by molar-refractivity contribution is 5.42. The van der Waals surface area contributed by atoms with Crippen molar-refractivity contribution in [3.63, 3.8) is 0 Å². The van der Waals surface area contributed by atoms with E-state index in [2.05, 4.69) is 6.07 Å². The van der Waals surface area contributed by atoms with Crippen LogP contribution in [0.5, 0.6) is 5.75 Å². The molecule has 1 aromatic rings. The van der Waals surface area contributed by atoms with Gasteiger partial charge in [-0.1, -0.05) is 12.1 Å². The maximum absolute atomic E-state index is 8.89. The van der Waals surface area contributed by atoms with Gasteiger partial charge in [-0.15, -0.1) is 0 Å². The van der Waals surface area contributed by atoms with Crippen molar-refractivity contribution >= 4 is 0 Å². The van der Waals surface area contributed by atoms with Crippen LogP contribution in [0.2, 0.25) is 0 Å². The van der Waals surface area contributed by atoms with Crippen LogP contribution in [0.3, 0.4) is 0 Å². The Morgan fingerprint density at radius 1 is 1.33 bits per heavy atom. The van der Waals surface area contributed by atoms with Gasteiger partial charge in [-0.3, -0.25) is 0 Å². The molecule has 1 fully saturated rings. The van der Waals surface area contributed by atoms with Crippen molar-refractivity contribution in [1.29, 1.82) is 5.26 Å². The molecule has 0 aromatic heterocycles. The minimum absolute atomic E-state index is 0.247. The Balaban J connectivity index is 1.64. The first kappa shape index (κ1) is 12.9. The van der Waals surface area contributed by atoms with Gasteiger partial charge >= 0.3 is 0 Å². The van der Waals surface area contributed by atoms with E-state index in [-0.39, 0.29) is 6.10 Å². The van der Waals surface area contributed by atoms with Crippen LogP contribution in [0, 0.1) is 11.3 Å². The number of nitrogens with zero attached hydrogens (tertiary/aromatic N) is 1. The first-order valence-corrected chi connectivity index (χ1v) is 6.21. The predicted octanol–water partition coefficient (Wildman–Crippen LogP) is 2.13. The molecule has 2 rings (SSSR count). The lowest BCUT2D eigenvalue weighted by Gasteiger charge is -2.11. The molecule has 96 valence electrons. The van der Waals surface area contributed by atoms with Crippen molar-refractivity contribution in [1.82, 2.24) is 0 Å². The maximum atomic E-state index is 8.89. The number of nitriles is 1. The molecule has 0 amide bonds. The zero-order chi connectivity index (χ0) is 12.6. The van der Waals surface area contributed by atoms with E-state index in [0.717, 1.165) is 19.4 Å². The van der Waals surface area contributed by atoms with E-state index in [1.54, 1.807) is 12.1 Å². The summed E-state index contributed by atoms with van der Waals surface area (Å²) in [6.45, 7) is 2.44. The molecule has 1 aliphatic rings. The van der Waals surface area contributed by atoms with Crippen molar-refractivity contribution in [2.24, 2.45) is 0 Å². The lowest BCUT2D eigenvalue weighted by atomic mass is 10.2. The van der Waals surface area contributed by atoms with Gasteiger partial charge in [0.2, 0.25) is 0 Å². The zero-order valence-electron chi connectivity index (χ0n) is 10.3. The molecular weight excluding hydrogens is 230 g/mol. The third kappa shape index (κ3) is 3.73. The predicted molar refractivity (Wildman–Crippen MR) is 66.4 cm³/mol. The van der Waals surface area contributed by atoms with E-state index in [1.165, 1.54) is 0 Å². The normalized spacial score (nSPS) is 18.5. The Morgan fingerprint density at radius 3 is 3.00 bits per heavy atom. The zero-order valence-corrected chi connectivity index (χ0v) is 10.3. The first-order valence-electron chi connectivity index (χ1n) is 6.21. The quantitative estimate of drug-likeness (QED) is 0.723. The van der Waals surface area contributed by atoms with E-state index in [1.807, 2.05) is 12.1 Å². The highest BCUT2D eigenvalue weighted by Gasteiger charge is 2.14. The Morgan fingerprint density at radius 2 is 2.22 bits per heavy atom. The van der Waals surface area contributed by atoms with Gasteiger partial charge in [-0.25, -0.2) is 0 Å². The average Bonchev–Trinajstić information content (AvgIpc) is 2.92. The van der Waals surface area contributed by atoms with Crippen molar-refractivity contribution in [3.05, 3.63) is 29.8 Å². The van der Waals surface area contributed by atoms with Crippen LogP contribution < -0.4 is 4.74 Å². The topological polar surface area (TPSA) is 51.5 Å². The summed E-state index contributed by atoms with van der Waals surface area (Å²) in [7, 11) is 0. The SMILES string of the molecule is N#Cc1ccccc1OCCOCC1CCCO1. The highest BCUT2D eigenvalue weighted by atomic mass is 16.5. The summed E-state index contributed by atoms with van der Waals surface area (Å²) in [4.78, 5) is 0. The largest absolute Gasteiger partial charge is 0.490 e. The third-order valence-electron chi connectivity index (χ3n) is 2.82. The van der Waals surface area contributed by atoms with Crippen LogP contribution in [0.15, 0.2) is 24.3 Å². The van der Waals surface area contributed by atoms with Crippen LogP contribution in [0.1, 0.15) is 18.4 Å². The molecule has 1 aromatic carbocycles. The van der Waals surface area contributed by atoms with E-state index < -0.39 is 0 Å². The Kier molecular flexibility index (Phi) is 5.00. The summed E-state index contributed by atoms with van der Waals surface area (Å²) in [6, 6.07) is 9.29. The second kappa shape index (κ2) is 7.00. The fraction of sp³-hybridized carbons (Fsp3) is 0.500. The van der Waals surface area contributed by atoms with Crippen molar-refractivity contribution in [3.8, 4) is 11.8 Å². The van der Waals surface area contributed by atoms with Gasteiger partial charge in [-0.2, -0.15) is 5.26 Å². The van der Waals surface area contributed by atoms with E-state index in [9.17, 15) is 0 Å². The number of benzene rings is 1. The molecule has 1 saturated heterocycles. The minimum atomic E-state index is 0.247. The lowest BCUT2D eigenvalue weighted by Crippen LogP contribution is -2.17. The fourth-order valence-corrected chi connectivity index (χ4v) is 1.89. The van der Waals surface area contributed by atoms with Gasteiger partial charge in [0.1, 0.15) is 18.4 Å². The van der Waals surface area contributed by atoms with Gasteiger partial charge in [0, 0.05) is 6.61 Å². The number of ether oxygens (including phenoxy) is 3. The van der Waals surface area contributed by atoms with Crippen molar-refractivity contribution < 1.29 is 14.2 Å². The Bertz CT molecular complexity index is 408. The molecule has 1 heterocycles. The Hall–Kier alpha value is -1.57. The van der Waals surface area contributed by atoms with Crippen LogP contribution in [0.4, 0.5) is 0 Å². The number of para-hydroxylation sites is 1.